The van der Waals surface area contributed by atoms with Gasteiger partial charge >= 0.3 is 5.97 Å². The largest absolute Gasteiger partial charge is 0.504 e. The highest BCUT2D eigenvalue weighted by Gasteiger charge is 2.28. The highest BCUT2D eigenvalue weighted by molar-refractivity contribution is 5.84. The fourth-order valence-corrected chi connectivity index (χ4v) is 3.31. The Morgan fingerprint density at radius 3 is 2.26 bits per heavy atom. The number of esters is 1. The van der Waals surface area contributed by atoms with Gasteiger partial charge in [0.2, 0.25) is 34.8 Å². The Balaban J connectivity index is 1.49. The zero-order valence-corrected chi connectivity index (χ0v) is 17.4. The minimum atomic E-state index is -2.34. The summed E-state index contributed by atoms with van der Waals surface area (Å²) >= 11 is 0. The summed E-state index contributed by atoms with van der Waals surface area (Å²) in [5, 5.41) is 10.4. The van der Waals surface area contributed by atoms with Crippen LogP contribution in [0, 0.1) is 29.1 Å². The predicted molar refractivity (Wildman–Crippen MR) is 110 cm³/mol. The van der Waals surface area contributed by atoms with Gasteiger partial charge in [0.05, 0.1) is 7.11 Å². The number of halogens is 5. The molecule has 0 unspecified atom stereocenters. The van der Waals surface area contributed by atoms with Crippen LogP contribution in [0.25, 0.3) is 22.3 Å². The maximum Gasteiger partial charge on any atom is 0.311 e. The third-order valence-corrected chi connectivity index (χ3v) is 5.05. The molecular formula is C24H15F5O5. The van der Waals surface area contributed by atoms with Gasteiger partial charge in [0.1, 0.15) is 11.3 Å². The molecule has 0 spiro atoms. The molecule has 0 radical (unpaired) electrons. The van der Waals surface area contributed by atoms with Gasteiger partial charge in [-0.1, -0.05) is 6.07 Å². The molecular weight excluding hydrogens is 463 g/mol. The van der Waals surface area contributed by atoms with E-state index in [0.29, 0.717) is 27.9 Å². The molecule has 0 aliphatic rings. The van der Waals surface area contributed by atoms with Crippen LogP contribution in [-0.4, -0.2) is 18.2 Å². The van der Waals surface area contributed by atoms with Crippen LogP contribution >= 0.6 is 0 Å². The zero-order valence-electron chi connectivity index (χ0n) is 17.4. The molecule has 1 heterocycles. The highest BCUT2D eigenvalue weighted by atomic mass is 19.2. The molecule has 5 nitrogen and oxygen atoms in total. The van der Waals surface area contributed by atoms with Crippen LogP contribution < -0.4 is 9.47 Å². The predicted octanol–water partition coefficient (Wildman–Crippen LogP) is 6.05. The number of carbonyl (C=O) groups excluding carboxylic acids is 1. The second kappa shape index (κ2) is 9.05. The molecule has 34 heavy (non-hydrogen) atoms. The summed E-state index contributed by atoms with van der Waals surface area (Å²) in [6, 6.07) is 11.5. The number of fused-ring (bicyclic) bond motifs is 1. The van der Waals surface area contributed by atoms with Crippen molar-refractivity contribution in [3.8, 4) is 28.6 Å². The topological polar surface area (TPSA) is 68.9 Å². The molecule has 1 N–H and O–H groups in total. The molecule has 10 heteroatoms. The maximum atomic E-state index is 13.7. The van der Waals surface area contributed by atoms with Crippen LogP contribution in [0.3, 0.4) is 0 Å². The number of phenols is 1. The van der Waals surface area contributed by atoms with E-state index in [9.17, 15) is 31.9 Å². The van der Waals surface area contributed by atoms with E-state index in [1.807, 2.05) is 0 Å². The first-order valence-electron chi connectivity index (χ1n) is 9.81. The van der Waals surface area contributed by atoms with Crippen molar-refractivity contribution >= 4 is 16.9 Å². The summed E-state index contributed by atoms with van der Waals surface area (Å²) < 4.78 is 82.3. The number of benzene rings is 3. The molecule has 0 fully saturated rings. The van der Waals surface area contributed by atoms with Crippen molar-refractivity contribution in [3.05, 3.63) is 77.1 Å². The van der Waals surface area contributed by atoms with Crippen molar-refractivity contribution in [2.24, 2.45) is 0 Å². The Hall–Kier alpha value is -4.08. The SMILES string of the molecule is COc1cc(-c2cc3cc(CCC(=O)Oc4c(F)c(F)c(F)c(F)c4F)ccc3o2)ccc1O. The third-order valence-electron chi connectivity index (χ3n) is 5.05. The standard InChI is InChI=1S/C24H15F5O5/c1-32-17-9-12(4-5-14(17)30)16-10-13-8-11(2-6-15(13)33-16)3-7-18(31)34-24-22(28)20(26)19(25)21(27)23(24)29/h2,4-6,8-10,30H,3,7H2,1H3. The quantitative estimate of drug-likeness (QED) is 0.120. The highest BCUT2D eigenvalue weighted by Crippen LogP contribution is 2.34. The van der Waals surface area contributed by atoms with Crippen LogP contribution in [-0.2, 0) is 11.2 Å². The van der Waals surface area contributed by atoms with Gasteiger partial charge in [-0.25, -0.2) is 13.2 Å². The van der Waals surface area contributed by atoms with E-state index in [-0.39, 0.29) is 24.3 Å². The van der Waals surface area contributed by atoms with E-state index < -0.39 is 40.8 Å². The lowest BCUT2D eigenvalue weighted by Gasteiger charge is -2.09. The van der Waals surface area contributed by atoms with Crippen LogP contribution in [0.5, 0.6) is 17.2 Å². The summed E-state index contributed by atoms with van der Waals surface area (Å²) in [5.74, 6) is -13.2. The molecule has 0 bridgehead atoms. The van der Waals surface area contributed by atoms with Crippen molar-refractivity contribution in [1.29, 1.82) is 0 Å². The van der Waals surface area contributed by atoms with Crippen LogP contribution in [0.4, 0.5) is 22.0 Å². The number of rotatable bonds is 6. The summed E-state index contributed by atoms with van der Waals surface area (Å²) in [7, 11) is 1.42. The van der Waals surface area contributed by atoms with Crippen LogP contribution in [0.2, 0.25) is 0 Å². The number of carbonyl (C=O) groups is 1. The first-order chi connectivity index (χ1) is 16.2. The molecule has 0 amide bonds. The van der Waals surface area contributed by atoms with Gasteiger partial charge in [0, 0.05) is 17.4 Å². The Kier molecular flexibility index (Phi) is 6.14. The van der Waals surface area contributed by atoms with E-state index >= 15 is 0 Å². The number of phenolic OH excluding ortho intramolecular Hbond substituents is 1. The van der Waals surface area contributed by atoms with Crippen molar-refractivity contribution in [3.63, 3.8) is 0 Å². The van der Waals surface area contributed by atoms with Gasteiger partial charge in [0.15, 0.2) is 11.5 Å². The Labute approximate surface area is 188 Å². The van der Waals surface area contributed by atoms with Crippen LogP contribution in [0.15, 0.2) is 46.9 Å². The molecule has 0 aliphatic heterocycles. The van der Waals surface area contributed by atoms with E-state index in [2.05, 4.69) is 4.74 Å². The second-order valence-corrected chi connectivity index (χ2v) is 7.24. The normalized spacial score (nSPS) is 11.1. The number of aromatic hydroxyl groups is 1. The molecule has 0 atom stereocenters. The van der Waals surface area contributed by atoms with Gasteiger partial charge in [0.25, 0.3) is 0 Å². The van der Waals surface area contributed by atoms with Crippen molar-refractivity contribution < 1.29 is 45.7 Å². The van der Waals surface area contributed by atoms with Gasteiger partial charge in [-0.05, 0) is 48.4 Å². The lowest BCUT2D eigenvalue weighted by molar-refractivity contribution is -0.134. The average molecular weight is 478 g/mol. The number of methoxy groups -OCH3 is 1. The molecule has 0 aliphatic carbocycles. The molecule has 4 aromatic rings. The fourth-order valence-electron chi connectivity index (χ4n) is 3.31. The maximum absolute atomic E-state index is 13.7. The van der Waals surface area contributed by atoms with E-state index in [0.717, 1.165) is 0 Å². The monoisotopic (exact) mass is 478 g/mol. The lowest BCUT2D eigenvalue weighted by atomic mass is 10.1. The molecule has 1 aromatic heterocycles. The van der Waals surface area contributed by atoms with Gasteiger partial charge < -0.3 is 19.0 Å². The Morgan fingerprint density at radius 2 is 1.59 bits per heavy atom. The van der Waals surface area contributed by atoms with Gasteiger partial charge in [-0.2, -0.15) is 8.78 Å². The number of furan rings is 1. The van der Waals surface area contributed by atoms with E-state index in [1.54, 1.807) is 36.4 Å². The molecule has 0 saturated heterocycles. The Bertz CT molecular complexity index is 1380. The minimum Gasteiger partial charge on any atom is -0.504 e. The first-order valence-corrected chi connectivity index (χ1v) is 9.81. The van der Waals surface area contributed by atoms with Crippen molar-refractivity contribution in [2.45, 2.75) is 12.8 Å². The van der Waals surface area contributed by atoms with E-state index in [4.69, 9.17) is 9.15 Å². The molecule has 4 rings (SSSR count). The van der Waals surface area contributed by atoms with Gasteiger partial charge in [-0.3, -0.25) is 4.79 Å². The smallest absolute Gasteiger partial charge is 0.311 e. The summed E-state index contributed by atoms with van der Waals surface area (Å²) in [4.78, 5) is 12.0. The zero-order chi connectivity index (χ0) is 24.6. The van der Waals surface area contributed by atoms with Crippen LogP contribution in [0.1, 0.15) is 12.0 Å². The number of hydrogen-bond donors (Lipinski definition) is 1. The summed E-state index contributed by atoms with van der Waals surface area (Å²) in [5.41, 5.74) is 1.83. The fraction of sp³-hybridized carbons (Fsp3) is 0.125. The number of hydrogen-bond acceptors (Lipinski definition) is 5. The minimum absolute atomic E-state index is 0.0255. The lowest BCUT2D eigenvalue weighted by Crippen LogP contribution is -2.14. The van der Waals surface area contributed by atoms with Gasteiger partial charge in [-0.15, -0.1) is 0 Å². The Morgan fingerprint density at radius 1 is 0.912 bits per heavy atom. The van der Waals surface area contributed by atoms with Crippen molar-refractivity contribution in [2.75, 3.05) is 7.11 Å². The second-order valence-electron chi connectivity index (χ2n) is 7.24. The van der Waals surface area contributed by atoms with Crippen molar-refractivity contribution in [1.82, 2.24) is 0 Å². The molecule has 0 saturated carbocycles. The third kappa shape index (κ3) is 4.26. The first kappa shape index (κ1) is 23.1. The van der Waals surface area contributed by atoms with E-state index in [1.165, 1.54) is 13.2 Å². The summed E-state index contributed by atoms with van der Waals surface area (Å²) in [6.45, 7) is 0. The number of aryl methyl sites for hydroxylation is 1. The molecule has 3 aromatic carbocycles. The number of ether oxygens (including phenoxy) is 2. The average Bonchev–Trinajstić information content (AvgIpc) is 3.26. The molecule has 176 valence electrons. The summed E-state index contributed by atoms with van der Waals surface area (Å²) in [6.07, 6.45) is -0.317.